The lowest BCUT2D eigenvalue weighted by atomic mass is 10.00. The van der Waals surface area contributed by atoms with E-state index in [1.165, 1.54) is 16.0 Å². The molecule has 0 spiro atoms. The summed E-state index contributed by atoms with van der Waals surface area (Å²) >= 11 is 1.75. The van der Waals surface area contributed by atoms with Gasteiger partial charge in [-0.2, -0.15) is 0 Å². The number of ether oxygens (including phenoxy) is 1. The number of fused-ring (bicyclic) bond motifs is 1. The Labute approximate surface area is 211 Å². The second-order valence-electron chi connectivity index (χ2n) is 9.65. The summed E-state index contributed by atoms with van der Waals surface area (Å²) in [7, 11) is 0. The third kappa shape index (κ3) is 5.43. The van der Waals surface area contributed by atoms with Crippen molar-refractivity contribution in [3.8, 4) is 5.75 Å². The van der Waals surface area contributed by atoms with Gasteiger partial charge in [0, 0.05) is 17.5 Å². The molecule has 5 rings (SSSR count). The molecule has 5 nitrogen and oxygen atoms in total. The minimum Gasteiger partial charge on any atom is -0.491 e. The number of hydrogen-bond donors (Lipinski definition) is 0. The van der Waals surface area contributed by atoms with Crippen molar-refractivity contribution in [2.75, 3.05) is 19.7 Å². The average molecular weight is 489 g/mol. The molecule has 182 valence electrons. The number of rotatable bonds is 8. The zero-order valence-corrected chi connectivity index (χ0v) is 21.2. The number of benzene rings is 2. The van der Waals surface area contributed by atoms with E-state index in [1.807, 2.05) is 54.3 Å². The highest BCUT2D eigenvalue weighted by Gasteiger charge is 2.37. The predicted molar refractivity (Wildman–Crippen MR) is 139 cm³/mol. The fourth-order valence-corrected chi connectivity index (χ4v) is 5.85. The first-order valence-corrected chi connectivity index (χ1v) is 13.3. The van der Waals surface area contributed by atoms with Crippen molar-refractivity contribution < 1.29 is 14.3 Å². The van der Waals surface area contributed by atoms with E-state index in [2.05, 4.69) is 24.4 Å². The molecule has 1 atom stereocenters. The van der Waals surface area contributed by atoms with E-state index in [0.717, 1.165) is 36.1 Å². The molecule has 0 saturated heterocycles. The van der Waals surface area contributed by atoms with Crippen molar-refractivity contribution in [2.45, 2.75) is 51.6 Å². The standard InChI is InChI=1S/C29H32N2O3S/c1-20-8-11-26(21(2)16-20)34-19-25-24-13-15-35-27(24)12-14-30(25)29(33)18-31(23-9-10-23)28(32)17-22-6-4-3-5-7-22/h3-8,11,13,15-16,23,25H,9-10,12,14,17-19H2,1-2H3. The van der Waals surface area contributed by atoms with Crippen LogP contribution >= 0.6 is 11.3 Å². The number of hydrogen-bond acceptors (Lipinski definition) is 4. The van der Waals surface area contributed by atoms with Crippen LogP contribution in [-0.2, 0) is 22.4 Å². The van der Waals surface area contributed by atoms with E-state index in [9.17, 15) is 9.59 Å². The average Bonchev–Trinajstić information content (AvgIpc) is 3.57. The lowest BCUT2D eigenvalue weighted by Crippen LogP contribution is -2.48. The molecule has 0 radical (unpaired) electrons. The molecule has 2 heterocycles. The maximum Gasteiger partial charge on any atom is 0.242 e. The van der Waals surface area contributed by atoms with E-state index in [1.54, 1.807) is 16.2 Å². The molecular formula is C29H32N2O3S. The molecule has 1 saturated carbocycles. The Hall–Kier alpha value is -3.12. The molecule has 2 aliphatic rings. The van der Waals surface area contributed by atoms with E-state index < -0.39 is 0 Å². The van der Waals surface area contributed by atoms with E-state index in [-0.39, 0.29) is 30.4 Å². The first-order valence-electron chi connectivity index (χ1n) is 12.4. The summed E-state index contributed by atoms with van der Waals surface area (Å²) in [5.41, 5.74) is 4.45. The van der Waals surface area contributed by atoms with Crippen molar-refractivity contribution in [2.24, 2.45) is 0 Å². The van der Waals surface area contributed by atoms with Crippen LogP contribution in [0.15, 0.2) is 60.0 Å². The lowest BCUT2D eigenvalue weighted by Gasteiger charge is -2.37. The molecule has 1 aliphatic heterocycles. The number of aryl methyl sites for hydroxylation is 2. The van der Waals surface area contributed by atoms with Crippen LogP contribution in [0.1, 0.15) is 46.0 Å². The largest absolute Gasteiger partial charge is 0.491 e. The zero-order valence-electron chi connectivity index (χ0n) is 20.4. The smallest absolute Gasteiger partial charge is 0.242 e. The third-order valence-electron chi connectivity index (χ3n) is 6.95. The maximum atomic E-state index is 13.6. The van der Waals surface area contributed by atoms with Gasteiger partial charge in [0.15, 0.2) is 0 Å². The van der Waals surface area contributed by atoms with Gasteiger partial charge in [-0.15, -0.1) is 11.3 Å². The summed E-state index contributed by atoms with van der Waals surface area (Å²) < 4.78 is 6.26. The molecule has 3 aromatic rings. The van der Waals surface area contributed by atoms with Crippen molar-refractivity contribution in [1.29, 1.82) is 0 Å². The van der Waals surface area contributed by atoms with Crippen LogP contribution in [-0.4, -0.2) is 47.4 Å². The first-order chi connectivity index (χ1) is 17.0. The summed E-state index contributed by atoms with van der Waals surface area (Å²) in [6, 6.07) is 18.1. The molecule has 2 aromatic carbocycles. The number of nitrogens with zero attached hydrogens (tertiary/aromatic N) is 2. The van der Waals surface area contributed by atoms with Gasteiger partial charge in [-0.25, -0.2) is 0 Å². The molecule has 1 aromatic heterocycles. The first kappa shape index (κ1) is 23.6. The van der Waals surface area contributed by atoms with E-state index >= 15 is 0 Å². The second kappa shape index (κ2) is 10.2. The molecule has 0 N–H and O–H groups in total. The topological polar surface area (TPSA) is 49.9 Å². The Morgan fingerprint density at radius 1 is 1.09 bits per heavy atom. The lowest BCUT2D eigenvalue weighted by molar-refractivity contribution is -0.143. The highest BCUT2D eigenvalue weighted by molar-refractivity contribution is 7.10. The molecule has 1 fully saturated rings. The minimum atomic E-state index is -0.150. The van der Waals surface area contributed by atoms with Crippen molar-refractivity contribution in [3.05, 3.63) is 87.1 Å². The van der Waals surface area contributed by atoms with Gasteiger partial charge in [-0.05, 0) is 67.3 Å². The van der Waals surface area contributed by atoms with Gasteiger partial charge in [0.2, 0.25) is 11.8 Å². The molecule has 35 heavy (non-hydrogen) atoms. The normalized spacial score (nSPS) is 17.1. The van der Waals surface area contributed by atoms with Crippen molar-refractivity contribution >= 4 is 23.2 Å². The van der Waals surface area contributed by atoms with Crippen LogP contribution in [0.4, 0.5) is 0 Å². The number of thiophene rings is 1. The summed E-state index contributed by atoms with van der Waals surface area (Å²) in [4.78, 5) is 31.9. The maximum absolute atomic E-state index is 13.6. The van der Waals surface area contributed by atoms with E-state index in [4.69, 9.17) is 4.74 Å². The second-order valence-corrected chi connectivity index (χ2v) is 10.6. The van der Waals surface area contributed by atoms with E-state index in [0.29, 0.717) is 19.6 Å². The van der Waals surface area contributed by atoms with Crippen molar-refractivity contribution in [3.63, 3.8) is 0 Å². The molecule has 1 aliphatic carbocycles. The Bertz CT molecular complexity index is 1200. The number of carbonyl (C=O) groups excluding carboxylic acids is 2. The highest BCUT2D eigenvalue weighted by Crippen LogP contribution is 2.35. The fourth-order valence-electron chi connectivity index (χ4n) is 4.92. The van der Waals surface area contributed by atoms with Gasteiger partial charge in [-0.3, -0.25) is 9.59 Å². The van der Waals surface area contributed by atoms with Gasteiger partial charge < -0.3 is 14.5 Å². The van der Waals surface area contributed by atoms with Gasteiger partial charge in [-0.1, -0.05) is 48.0 Å². The van der Waals surface area contributed by atoms with Crippen LogP contribution in [0, 0.1) is 13.8 Å². The molecule has 0 bridgehead atoms. The van der Waals surface area contributed by atoms with Gasteiger partial charge in [0.1, 0.15) is 18.9 Å². The fraction of sp³-hybridized carbons (Fsp3) is 0.379. The van der Waals surface area contributed by atoms with Crippen molar-refractivity contribution in [1.82, 2.24) is 9.80 Å². The Morgan fingerprint density at radius 2 is 1.89 bits per heavy atom. The van der Waals surface area contributed by atoms with Crippen LogP contribution in [0.2, 0.25) is 0 Å². The highest BCUT2D eigenvalue weighted by atomic mass is 32.1. The minimum absolute atomic E-state index is 0.00406. The van der Waals surface area contributed by atoms with Gasteiger partial charge in [0.05, 0.1) is 12.5 Å². The summed E-state index contributed by atoms with van der Waals surface area (Å²) in [5, 5.41) is 2.10. The summed E-state index contributed by atoms with van der Waals surface area (Å²) in [6.45, 7) is 5.31. The summed E-state index contributed by atoms with van der Waals surface area (Å²) in [5.74, 6) is 0.885. The monoisotopic (exact) mass is 488 g/mol. The number of carbonyl (C=O) groups is 2. The van der Waals surface area contributed by atoms with Gasteiger partial charge in [0.25, 0.3) is 0 Å². The predicted octanol–water partition coefficient (Wildman–Crippen LogP) is 5.10. The molecule has 2 amide bonds. The zero-order chi connectivity index (χ0) is 24.4. The van der Waals surface area contributed by atoms with Crippen LogP contribution in [0.25, 0.3) is 0 Å². The SMILES string of the molecule is Cc1ccc(OCC2c3ccsc3CCN2C(=O)CN(C(=O)Cc2ccccc2)C2CC2)c(C)c1. The Morgan fingerprint density at radius 3 is 2.63 bits per heavy atom. The Balaban J connectivity index is 1.31. The Kier molecular flexibility index (Phi) is 6.91. The van der Waals surface area contributed by atoms with Gasteiger partial charge >= 0.3 is 0 Å². The third-order valence-corrected chi connectivity index (χ3v) is 7.95. The van der Waals surface area contributed by atoms with Crippen LogP contribution < -0.4 is 4.74 Å². The van der Waals surface area contributed by atoms with Crippen LogP contribution in [0.5, 0.6) is 5.75 Å². The molecular weight excluding hydrogens is 456 g/mol. The quantitative estimate of drug-likeness (QED) is 0.443. The molecule has 6 heteroatoms. The number of amides is 2. The van der Waals surface area contributed by atoms with Crippen LogP contribution in [0.3, 0.4) is 0 Å². The molecule has 1 unspecified atom stereocenters. The summed E-state index contributed by atoms with van der Waals surface area (Å²) in [6.07, 6.45) is 3.13.